The Morgan fingerprint density at radius 2 is 2.00 bits per heavy atom. The molecule has 0 atom stereocenters. The average Bonchev–Trinajstić information content (AvgIpc) is 2.88. The predicted molar refractivity (Wildman–Crippen MR) is 94.6 cm³/mol. The Morgan fingerprint density at radius 3 is 2.64 bits per heavy atom. The molecule has 1 heterocycles. The molecule has 0 aliphatic rings. The second kappa shape index (κ2) is 7.76. The van der Waals surface area contributed by atoms with Crippen molar-refractivity contribution >= 4 is 46.5 Å². The number of rotatable bonds is 5. The summed E-state index contributed by atoms with van der Waals surface area (Å²) in [5.74, 6) is 0.942. The molecule has 0 aliphatic heterocycles. The Bertz CT molecular complexity index is 636. The minimum Gasteiger partial charge on any atom is -0.362 e. The first-order valence-electron chi connectivity index (χ1n) is 6.83. The quantitative estimate of drug-likeness (QED) is 0.801. The van der Waals surface area contributed by atoms with E-state index in [1.165, 1.54) is 0 Å². The zero-order valence-corrected chi connectivity index (χ0v) is 14.6. The highest BCUT2D eigenvalue weighted by Crippen LogP contribution is 2.24. The molecule has 0 bridgehead atoms. The molecule has 8 heteroatoms. The lowest BCUT2D eigenvalue weighted by Crippen LogP contribution is -2.31. The van der Waals surface area contributed by atoms with E-state index in [2.05, 4.69) is 34.6 Å². The highest BCUT2D eigenvalue weighted by molar-refractivity contribution is 7.80. The minimum absolute atomic E-state index is 0.435. The van der Waals surface area contributed by atoms with Gasteiger partial charge < -0.3 is 5.32 Å². The molecule has 0 fully saturated rings. The van der Waals surface area contributed by atoms with Crippen LogP contribution in [0.2, 0.25) is 10.0 Å². The van der Waals surface area contributed by atoms with Gasteiger partial charge in [0, 0.05) is 22.2 Å². The number of thiocarbonyl (C=S) groups is 1. The Kier molecular flexibility index (Phi) is 5.99. The summed E-state index contributed by atoms with van der Waals surface area (Å²) in [7, 11) is 0. The normalized spacial score (nSPS) is 10.8. The fraction of sp³-hybridized carbons (Fsp3) is 0.357. The van der Waals surface area contributed by atoms with Crippen LogP contribution in [0.4, 0.5) is 5.95 Å². The maximum Gasteiger partial charge on any atom is 0.248 e. The standard InChI is InChI=1S/C14H17Cl2N5S/c1-9(2)6-17-14(22)19-13-18-8-21(20-13)7-10-11(15)4-3-5-12(10)16/h3-5,8-9H,6-7H2,1-2H3,(H2,17,19,20,22). The fourth-order valence-electron chi connectivity index (χ4n) is 1.72. The molecule has 2 aromatic rings. The van der Waals surface area contributed by atoms with Gasteiger partial charge in [0.25, 0.3) is 0 Å². The van der Waals surface area contributed by atoms with Crippen LogP contribution < -0.4 is 10.6 Å². The number of nitrogens with one attached hydrogen (secondary N) is 2. The summed E-state index contributed by atoms with van der Waals surface area (Å²) in [5.41, 5.74) is 0.808. The van der Waals surface area contributed by atoms with Gasteiger partial charge in [0.1, 0.15) is 6.33 Å². The Hall–Kier alpha value is -1.37. The van der Waals surface area contributed by atoms with Gasteiger partial charge in [-0.3, -0.25) is 5.32 Å². The van der Waals surface area contributed by atoms with Crippen molar-refractivity contribution in [3.05, 3.63) is 40.1 Å². The van der Waals surface area contributed by atoms with Gasteiger partial charge in [0.15, 0.2) is 5.11 Å². The van der Waals surface area contributed by atoms with Gasteiger partial charge in [-0.25, -0.2) is 9.67 Å². The van der Waals surface area contributed by atoms with Crippen LogP contribution in [0.5, 0.6) is 0 Å². The third kappa shape index (κ3) is 4.83. The fourth-order valence-corrected chi connectivity index (χ4v) is 2.41. The van der Waals surface area contributed by atoms with Crippen molar-refractivity contribution in [2.75, 3.05) is 11.9 Å². The molecule has 1 aromatic carbocycles. The second-order valence-electron chi connectivity index (χ2n) is 5.19. The molecule has 2 N–H and O–H groups in total. The van der Waals surface area contributed by atoms with E-state index in [-0.39, 0.29) is 0 Å². The molecule has 0 spiro atoms. The first-order valence-corrected chi connectivity index (χ1v) is 7.99. The van der Waals surface area contributed by atoms with E-state index in [9.17, 15) is 0 Å². The smallest absolute Gasteiger partial charge is 0.248 e. The van der Waals surface area contributed by atoms with Crippen LogP contribution in [0.15, 0.2) is 24.5 Å². The molecule has 0 saturated heterocycles. The summed E-state index contributed by atoms with van der Waals surface area (Å²) in [5, 5.41) is 12.1. The SMILES string of the molecule is CC(C)CNC(=S)Nc1ncn(Cc2c(Cl)cccc2Cl)n1. The van der Waals surface area contributed by atoms with Gasteiger partial charge in [0.2, 0.25) is 5.95 Å². The topological polar surface area (TPSA) is 54.8 Å². The average molecular weight is 358 g/mol. The maximum atomic E-state index is 6.15. The summed E-state index contributed by atoms with van der Waals surface area (Å²) in [6.07, 6.45) is 1.60. The van der Waals surface area contributed by atoms with Crippen molar-refractivity contribution in [2.24, 2.45) is 5.92 Å². The zero-order chi connectivity index (χ0) is 16.1. The van der Waals surface area contributed by atoms with E-state index in [0.29, 0.717) is 33.6 Å². The van der Waals surface area contributed by atoms with Gasteiger partial charge in [0.05, 0.1) is 6.54 Å². The summed E-state index contributed by atoms with van der Waals surface area (Å²) >= 11 is 17.5. The van der Waals surface area contributed by atoms with Crippen LogP contribution in [0.25, 0.3) is 0 Å². The predicted octanol–water partition coefficient (Wildman–Crippen LogP) is 3.58. The van der Waals surface area contributed by atoms with Crippen molar-refractivity contribution in [2.45, 2.75) is 20.4 Å². The maximum absolute atomic E-state index is 6.15. The molecule has 1 aromatic heterocycles. The molecule has 5 nitrogen and oxygen atoms in total. The van der Waals surface area contributed by atoms with Crippen molar-refractivity contribution in [1.82, 2.24) is 20.1 Å². The Labute approximate surface area is 145 Å². The van der Waals surface area contributed by atoms with Crippen molar-refractivity contribution in [3.63, 3.8) is 0 Å². The molecule has 0 unspecified atom stereocenters. The number of nitrogens with zero attached hydrogens (tertiary/aromatic N) is 3. The van der Waals surface area contributed by atoms with Crippen LogP contribution in [0.1, 0.15) is 19.4 Å². The third-order valence-electron chi connectivity index (χ3n) is 2.81. The van der Waals surface area contributed by atoms with Crippen molar-refractivity contribution in [3.8, 4) is 0 Å². The van der Waals surface area contributed by atoms with Gasteiger partial charge in [-0.05, 0) is 30.3 Å². The lowest BCUT2D eigenvalue weighted by Gasteiger charge is -2.09. The monoisotopic (exact) mass is 357 g/mol. The van der Waals surface area contributed by atoms with Gasteiger partial charge in [-0.2, -0.15) is 0 Å². The molecular weight excluding hydrogens is 341 g/mol. The van der Waals surface area contributed by atoms with Crippen LogP contribution >= 0.6 is 35.4 Å². The number of anilines is 1. The molecule has 0 amide bonds. The molecule has 0 radical (unpaired) electrons. The summed E-state index contributed by atoms with van der Waals surface area (Å²) < 4.78 is 1.65. The number of aromatic nitrogens is 3. The van der Waals surface area contributed by atoms with Gasteiger partial charge >= 0.3 is 0 Å². The molecule has 118 valence electrons. The molecular formula is C14H17Cl2N5S. The molecule has 22 heavy (non-hydrogen) atoms. The number of hydrogen-bond donors (Lipinski definition) is 2. The van der Waals surface area contributed by atoms with E-state index >= 15 is 0 Å². The van der Waals surface area contributed by atoms with E-state index in [0.717, 1.165) is 12.1 Å². The van der Waals surface area contributed by atoms with Gasteiger partial charge in [-0.1, -0.05) is 43.1 Å². The number of halogens is 2. The molecule has 0 aliphatic carbocycles. The first kappa shape index (κ1) is 17.0. The van der Waals surface area contributed by atoms with Crippen LogP contribution in [0, 0.1) is 5.92 Å². The number of benzene rings is 1. The van der Waals surface area contributed by atoms with E-state index < -0.39 is 0 Å². The molecule has 0 saturated carbocycles. The lowest BCUT2D eigenvalue weighted by atomic mass is 10.2. The Morgan fingerprint density at radius 1 is 1.32 bits per heavy atom. The minimum atomic E-state index is 0.435. The van der Waals surface area contributed by atoms with Gasteiger partial charge in [-0.15, -0.1) is 5.10 Å². The first-order chi connectivity index (χ1) is 10.5. The van der Waals surface area contributed by atoms with E-state index in [4.69, 9.17) is 35.4 Å². The third-order valence-corrected chi connectivity index (χ3v) is 3.77. The second-order valence-corrected chi connectivity index (χ2v) is 6.42. The van der Waals surface area contributed by atoms with Crippen LogP contribution in [0.3, 0.4) is 0 Å². The summed E-state index contributed by atoms with van der Waals surface area (Å²) in [6.45, 7) is 5.45. The summed E-state index contributed by atoms with van der Waals surface area (Å²) in [6, 6.07) is 5.40. The van der Waals surface area contributed by atoms with Crippen molar-refractivity contribution in [1.29, 1.82) is 0 Å². The van der Waals surface area contributed by atoms with E-state index in [1.54, 1.807) is 29.2 Å². The lowest BCUT2D eigenvalue weighted by molar-refractivity contribution is 0.627. The van der Waals surface area contributed by atoms with Crippen LogP contribution in [-0.2, 0) is 6.54 Å². The summed E-state index contributed by atoms with van der Waals surface area (Å²) in [4.78, 5) is 4.17. The number of hydrogen-bond acceptors (Lipinski definition) is 3. The largest absolute Gasteiger partial charge is 0.362 e. The Balaban J connectivity index is 1.98. The van der Waals surface area contributed by atoms with Crippen LogP contribution in [-0.4, -0.2) is 26.4 Å². The zero-order valence-electron chi connectivity index (χ0n) is 12.3. The molecule has 2 rings (SSSR count). The highest BCUT2D eigenvalue weighted by Gasteiger charge is 2.09. The highest BCUT2D eigenvalue weighted by atomic mass is 35.5. The van der Waals surface area contributed by atoms with Crippen molar-refractivity contribution < 1.29 is 0 Å². The van der Waals surface area contributed by atoms with E-state index in [1.807, 2.05) is 0 Å².